The van der Waals surface area contributed by atoms with Crippen molar-refractivity contribution in [2.24, 2.45) is 0 Å². The first-order valence-corrected chi connectivity index (χ1v) is 4.62. The third-order valence-corrected chi connectivity index (χ3v) is 2.50. The van der Waals surface area contributed by atoms with E-state index in [-0.39, 0.29) is 0 Å². The lowest BCUT2D eigenvalue weighted by Crippen LogP contribution is -2.14. The van der Waals surface area contributed by atoms with Gasteiger partial charge in [-0.15, -0.1) is 0 Å². The van der Waals surface area contributed by atoms with E-state index in [9.17, 15) is 0 Å². The quantitative estimate of drug-likeness (QED) is 0.709. The van der Waals surface area contributed by atoms with Gasteiger partial charge in [-0.2, -0.15) is 0 Å². The fourth-order valence-electron chi connectivity index (χ4n) is 1.50. The zero-order valence-corrected chi connectivity index (χ0v) is 7.64. The van der Waals surface area contributed by atoms with Crippen LogP contribution < -0.4 is 0 Å². The van der Waals surface area contributed by atoms with Crippen molar-refractivity contribution in [1.29, 1.82) is 0 Å². The van der Waals surface area contributed by atoms with Crippen LogP contribution in [0.2, 0.25) is 0 Å². The highest BCUT2D eigenvalue weighted by Gasteiger charge is 2.15. The highest BCUT2D eigenvalue weighted by atomic mass is 32.1. The van der Waals surface area contributed by atoms with E-state index in [2.05, 4.69) is 4.98 Å². The number of hydrogen-bond donors (Lipinski definition) is 1. The van der Waals surface area contributed by atoms with Crippen LogP contribution in [0.15, 0.2) is 12.4 Å². The first-order chi connectivity index (χ1) is 5.86. The molecule has 66 valence electrons. The molecule has 0 amide bonds. The predicted octanol–water partition coefficient (Wildman–Crippen LogP) is 1.72. The van der Waals surface area contributed by atoms with Crippen LogP contribution in [0.5, 0.6) is 0 Å². The summed E-state index contributed by atoms with van der Waals surface area (Å²) in [7, 11) is 0. The normalized spacial score (nSPS) is 23.2. The van der Waals surface area contributed by atoms with Crippen molar-refractivity contribution in [1.82, 2.24) is 9.55 Å². The number of imidazole rings is 1. The fraction of sp³-hybridized carbons (Fsp3) is 0.625. The molecule has 0 aliphatic carbocycles. The predicted molar refractivity (Wildman–Crippen MR) is 48.6 cm³/mol. The molecule has 0 saturated carbocycles. The summed E-state index contributed by atoms with van der Waals surface area (Å²) in [5.41, 5.74) is 0. The third-order valence-electron chi connectivity index (χ3n) is 2.15. The molecule has 3 nitrogen and oxygen atoms in total. The summed E-state index contributed by atoms with van der Waals surface area (Å²) in [6, 6.07) is 0. The van der Waals surface area contributed by atoms with Crippen LogP contribution in [0.3, 0.4) is 0 Å². The topological polar surface area (TPSA) is 29.9 Å². The molecule has 2 rings (SSSR count). The zero-order valence-electron chi connectivity index (χ0n) is 6.82. The van der Waals surface area contributed by atoms with Gasteiger partial charge in [0.25, 0.3) is 0 Å². The summed E-state index contributed by atoms with van der Waals surface area (Å²) in [6.07, 6.45) is 6.53. The molecule has 1 aliphatic rings. The maximum atomic E-state index is 5.50. The Morgan fingerprint density at radius 1 is 1.75 bits per heavy atom. The molecule has 1 unspecified atom stereocenters. The molecule has 1 aliphatic heterocycles. The van der Waals surface area contributed by atoms with Gasteiger partial charge in [0.15, 0.2) is 4.77 Å². The Bertz CT molecular complexity index is 298. The monoisotopic (exact) mass is 184 g/mol. The summed E-state index contributed by atoms with van der Waals surface area (Å²) in [6.45, 7) is 1.80. The molecule has 12 heavy (non-hydrogen) atoms. The van der Waals surface area contributed by atoms with Crippen LogP contribution in [0.4, 0.5) is 0 Å². The van der Waals surface area contributed by atoms with Crippen molar-refractivity contribution in [2.45, 2.75) is 25.5 Å². The molecule has 1 aromatic rings. The Hall–Kier alpha value is -0.610. The Kier molecular flexibility index (Phi) is 2.28. The number of ether oxygens (including phenoxy) is 1. The SMILES string of the molecule is S=c1[nH]ccn1CC1CCCO1. The molecular weight excluding hydrogens is 172 g/mol. The van der Waals surface area contributed by atoms with Gasteiger partial charge in [-0.25, -0.2) is 0 Å². The minimum atomic E-state index is 0.368. The van der Waals surface area contributed by atoms with Gasteiger partial charge in [-0.05, 0) is 25.1 Å². The number of aromatic amines is 1. The highest BCUT2D eigenvalue weighted by Crippen LogP contribution is 2.13. The Labute approximate surface area is 76.4 Å². The zero-order chi connectivity index (χ0) is 8.39. The standard InChI is InChI=1S/C8H12N2OS/c12-8-9-3-4-10(8)6-7-2-1-5-11-7/h3-4,7H,1-2,5-6H2,(H,9,12). The molecule has 2 heterocycles. The van der Waals surface area contributed by atoms with Crippen LogP contribution in [0, 0.1) is 4.77 Å². The van der Waals surface area contributed by atoms with Gasteiger partial charge >= 0.3 is 0 Å². The number of nitrogens with zero attached hydrogens (tertiary/aromatic N) is 1. The number of nitrogens with one attached hydrogen (secondary N) is 1. The summed E-state index contributed by atoms with van der Waals surface area (Å²) < 4.78 is 8.30. The van der Waals surface area contributed by atoms with Crippen molar-refractivity contribution in [3.05, 3.63) is 17.2 Å². The molecule has 0 bridgehead atoms. The Morgan fingerprint density at radius 2 is 2.67 bits per heavy atom. The minimum absolute atomic E-state index is 0.368. The van der Waals surface area contributed by atoms with Gasteiger partial charge < -0.3 is 14.3 Å². The number of rotatable bonds is 2. The number of aromatic nitrogens is 2. The lowest BCUT2D eigenvalue weighted by molar-refractivity contribution is 0.0967. The Morgan fingerprint density at radius 3 is 3.25 bits per heavy atom. The maximum Gasteiger partial charge on any atom is 0.177 e. The summed E-state index contributed by atoms with van der Waals surface area (Å²) in [5, 5.41) is 0. The van der Waals surface area contributed by atoms with Crippen LogP contribution in [0.1, 0.15) is 12.8 Å². The van der Waals surface area contributed by atoms with Crippen LogP contribution in [-0.4, -0.2) is 22.3 Å². The van der Waals surface area contributed by atoms with E-state index in [4.69, 9.17) is 17.0 Å². The molecule has 4 heteroatoms. The maximum absolute atomic E-state index is 5.50. The van der Waals surface area contributed by atoms with Gasteiger partial charge in [-0.3, -0.25) is 0 Å². The second-order valence-corrected chi connectivity index (χ2v) is 3.44. The second kappa shape index (κ2) is 3.41. The second-order valence-electron chi connectivity index (χ2n) is 3.05. The van der Waals surface area contributed by atoms with Gasteiger partial charge in [0.05, 0.1) is 12.6 Å². The van der Waals surface area contributed by atoms with E-state index in [1.807, 2.05) is 17.0 Å². The van der Waals surface area contributed by atoms with E-state index < -0.39 is 0 Å². The molecular formula is C8H12N2OS. The molecule has 0 aromatic carbocycles. The number of H-pyrrole nitrogens is 1. The van der Waals surface area contributed by atoms with Gasteiger partial charge in [0.2, 0.25) is 0 Å². The summed E-state index contributed by atoms with van der Waals surface area (Å²) in [5.74, 6) is 0. The molecule has 1 fully saturated rings. The smallest absolute Gasteiger partial charge is 0.177 e. The average Bonchev–Trinajstić information content (AvgIpc) is 2.65. The molecule has 0 radical (unpaired) electrons. The third kappa shape index (κ3) is 1.59. The summed E-state index contributed by atoms with van der Waals surface area (Å²) in [4.78, 5) is 2.96. The van der Waals surface area contributed by atoms with Gasteiger partial charge in [0.1, 0.15) is 0 Å². The summed E-state index contributed by atoms with van der Waals surface area (Å²) >= 11 is 5.07. The lowest BCUT2D eigenvalue weighted by atomic mass is 10.2. The van der Waals surface area contributed by atoms with Crippen molar-refractivity contribution in [3.63, 3.8) is 0 Å². The van der Waals surface area contributed by atoms with Crippen LogP contribution >= 0.6 is 12.2 Å². The lowest BCUT2D eigenvalue weighted by Gasteiger charge is -2.08. The van der Waals surface area contributed by atoms with E-state index in [1.165, 1.54) is 6.42 Å². The average molecular weight is 184 g/mol. The van der Waals surface area contributed by atoms with Gasteiger partial charge in [0, 0.05) is 19.0 Å². The largest absolute Gasteiger partial charge is 0.376 e. The molecule has 1 aromatic heterocycles. The van der Waals surface area contributed by atoms with Gasteiger partial charge in [-0.1, -0.05) is 0 Å². The highest BCUT2D eigenvalue weighted by molar-refractivity contribution is 7.71. The van der Waals surface area contributed by atoms with Crippen LogP contribution in [0.25, 0.3) is 0 Å². The fourth-order valence-corrected chi connectivity index (χ4v) is 1.70. The van der Waals surface area contributed by atoms with Crippen molar-refractivity contribution < 1.29 is 4.74 Å². The van der Waals surface area contributed by atoms with E-state index >= 15 is 0 Å². The van der Waals surface area contributed by atoms with Crippen molar-refractivity contribution in [3.8, 4) is 0 Å². The number of hydrogen-bond acceptors (Lipinski definition) is 2. The Balaban J connectivity index is 2.03. The van der Waals surface area contributed by atoms with E-state index in [1.54, 1.807) is 0 Å². The molecule has 0 spiro atoms. The molecule has 1 atom stereocenters. The van der Waals surface area contributed by atoms with E-state index in [0.717, 1.165) is 24.3 Å². The first-order valence-electron chi connectivity index (χ1n) is 4.22. The van der Waals surface area contributed by atoms with E-state index in [0.29, 0.717) is 6.10 Å². The van der Waals surface area contributed by atoms with Crippen LogP contribution in [-0.2, 0) is 11.3 Å². The van der Waals surface area contributed by atoms with Crippen molar-refractivity contribution >= 4 is 12.2 Å². The minimum Gasteiger partial charge on any atom is -0.376 e. The molecule has 1 N–H and O–H groups in total. The first kappa shape index (κ1) is 8.01. The van der Waals surface area contributed by atoms with Crippen molar-refractivity contribution in [2.75, 3.05) is 6.61 Å². The molecule has 1 saturated heterocycles.